The minimum atomic E-state index is -4.50. The van der Waals surface area contributed by atoms with E-state index in [1.54, 1.807) is 48.5 Å². The summed E-state index contributed by atoms with van der Waals surface area (Å²) in [6.45, 7) is 0. The Labute approximate surface area is 290 Å². The van der Waals surface area contributed by atoms with Gasteiger partial charge >= 0.3 is 6.18 Å². The molecule has 0 unspecified atom stereocenters. The van der Waals surface area contributed by atoms with Crippen molar-refractivity contribution in [2.75, 3.05) is 0 Å². The molecular formula is C47H27F3O. The average Bonchev–Trinajstić information content (AvgIpc) is 3.52. The van der Waals surface area contributed by atoms with E-state index < -0.39 is 11.7 Å². The maximum atomic E-state index is 14.5. The van der Waals surface area contributed by atoms with Crippen molar-refractivity contribution in [1.82, 2.24) is 0 Å². The summed E-state index contributed by atoms with van der Waals surface area (Å²) < 4.78 is 50.1. The molecule has 10 aromatic rings. The van der Waals surface area contributed by atoms with Gasteiger partial charge in [-0.25, -0.2) is 0 Å². The molecule has 1 aromatic heterocycles. The summed E-state index contributed by atoms with van der Waals surface area (Å²) in [6, 6.07) is 53.7. The number of rotatable bonds is 3. The second kappa shape index (κ2) is 11.1. The van der Waals surface area contributed by atoms with Crippen molar-refractivity contribution in [3.8, 4) is 33.4 Å². The third kappa shape index (κ3) is 4.49. The van der Waals surface area contributed by atoms with E-state index in [9.17, 15) is 13.2 Å². The largest absolute Gasteiger partial charge is 0.456 e. The van der Waals surface area contributed by atoms with E-state index in [1.165, 1.54) is 21.9 Å². The lowest BCUT2D eigenvalue weighted by atomic mass is 9.86. The Kier molecular flexibility index (Phi) is 6.40. The molecule has 0 radical (unpaired) electrons. The van der Waals surface area contributed by atoms with Gasteiger partial charge in [0.1, 0.15) is 11.2 Å². The van der Waals surface area contributed by atoms with Crippen molar-refractivity contribution in [3.63, 3.8) is 0 Å². The van der Waals surface area contributed by atoms with E-state index >= 15 is 0 Å². The van der Waals surface area contributed by atoms with E-state index in [-0.39, 0.29) is 10.8 Å². The molecule has 10 rings (SSSR count). The number of hydrogen-bond acceptors (Lipinski definition) is 1. The quantitative estimate of drug-likeness (QED) is 0.171. The van der Waals surface area contributed by atoms with E-state index in [1.807, 2.05) is 18.2 Å². The average molecular weight is 665 g/mol. The highest BCUT2D eigenvalue weighted by Gasteiger charge is 2.35. The van der Waals surface area contributed by atoms with Crippen LogP contribution in [-0.4, -0.2) is 0 Å². The summed E-state index contributed by atoms with van der Waals surface area (Å²) in [4.78, 5) is 0. The summed E-state index contributed by atoms with van der Waals surface area (Å²) in [5, 5.41) is 8.07. The van der Waals surface area contributed by atoms with Crippen LogP contribution in [0.5, 0.6) is 0 Å². The number of alkyl halides is 3. The molecule has 51 heavy (non-hydrogen) atoms. The molecular weight excluding hydrogens is 638 g/mol. The first kappa shape index (κ1) is 29.5. The maximum Gasteiger partial charge on any atom is 0.417 e. The van der Waals surface area contributed by atoms with Gasteiger partial charge in [0, 0.05) is 10.8 Å². The van der Waals surface area contributed by atoms with Crippen LogP contribution < -0.4 is 0 Å². The highest BCUT2D eigenvalue weighted by Crippen LogP contribution is 2.47. The fraction of sp³-hybridized carbons (Fsp3) is 0.0213. The first-order valence-electron chi connectivity index (χ1n) is 16.9. The van der Waals surface area contributed by atoms with Gasteiger partial charge in [-0.3, -0.25) is 0 Å². The Bertz CT molecular complexity index is 2890. The van der Waals surface area contributed by atoms with Crippen LogP contribution in [0.4, 0.5) is 13.2 Å². The van der Waals surface area contributed by atoms with Gasteiger partial charge in [0.2, 0.25) is 0 Å². The summed E-state index contributed by atoms with van der Waals surface area (Å²) in [5.74, 6) is 0. The fourth-order valence-corrected chi connectivity index (χ4v) is 8.19. The molecule has 0 fully saturated rings. The van der Waals surface area contributed by atoms with Gasteiger partial charge in [-0.15, -0.1) is 0 Å². The smallest absolute Gasteiger partial charge is 0.417 e. The molecule has 242 valence electrons. The SMILES string of the molecule is FC(F)(F)c1c2ccccc2c(-c2ccc3oc4cc(-c5c6ccccc6c(-c6ccccc6)c6ccccc56)ccc4c3c2)c2ccccc12. The standard InChI is InChI=1S/C47H27F3O/c48-47(49,50)46-38-20-10-8-18-36(38)44(37-19-9-11-21-39(37)46)29-23-25-41-40(26-29)31-24-22-30(27-42(31)51-41)45-34-16-6-4-14-32(34)43(28-12-2-1-3-13-28)33-15-5-7-17-35(33)45/h1-27H. The monoisotopic (exact) mass is 664 g/mol. The molecule has 9 aromatic carbocycles. The molecule has 0 bridgehead atoms. The van der Waals surface area contributed by atoms with Gasteiger partial charge in [-0.2, -0.15) is 13.2 Å². The molecule has 0 aliphatic heterocycles. The normalized spacial score (nSPS) is 12.2. The van der Waals surface area contributed by atoms with Gasteiger partial charge in [0.05, 0.1) is 5.56 Å². The summed E-state index contributed by atoms with van der Waals surface area (Å²) in [6.07, 6.45) is -4.50. The van der Waals surface area contributed by atoms with Crippen molar-refractivity contribution in [2.45, 2.75) is 6.18 Å². The molecule has 0 spiro atoms. The van der Waals surface area contributed by atoms with Crippen LogP contribution in [0.2, 0.25) is 0 Å². The van der Waals surface area contributed by atoms with Crippen LogP contribution in [0, 0.1) is 0 Å². The summed E-state index contributed by atoms with van der Waals surface area (Å²) in [5.41, 5.74) is 7.07. The van der Waals surface area contributed by atoms with Crippen LogP contribution in [0.15, 0.2) is 168 Å². The third-order valence-corrected chi connectivity index (χ3v) is 10.3. The zero-order valence-electron chi connectivity index (χ0n) is 27.1. The molecule has 1 heterocycles. The third-order valence-electron chi connectivity index (χ3n) is 10.3. The van der Waals surface area contributed by atoms with Crippen LogP contribution in [0.25, 0.3) is 98.4 Å². The lowest BCUT2D eigenvalue weighted by molar-refractivity contribution is -0.135. The number of fused-ring (bicyclic) bond motifs is 7. The zero-order chi connectivity index (χ0) is 34.3. The predicted octanol–water partition coefficient (Wildman–Crippen LogP) is 14.2. The molecule has 0 saturated heterocycles. The van der Waals surface area contributed by atoms with Gasteiger partial charge in [0.15, 0.2) is 0 Å². The highest BCUT2D eigenvalue weighted by molar-refractivity contribution is 6.22. The van der Waals surface area contributed by atoms with Gasteiger partial charge in [-0.05, 0) is 101 Å². The highest BCUT2D eigenvalue weighted by atomic mass is 19.4. The zero-order valence-corrected chi connectivity index (χ0v) is 27.1. The Morgan fingerprint density at radius 2 is 0.725 bits per heavy atom. The minimum Gasteiger partial charge on any atom is -0.456 e. The first-order valence-corrected chi connectivity index (χ1v) is 16.9. The molecule has 4 heteroatoms. The molecule has 0 atom stereocenters. The Balaban J connectivity index is 1.20. The van der Waals surface area contributed by atoms with Crippen LogP contribution in [-0.2, 0) is 6.18 Å². The van der Waals surface area contributed by atoms with Crippen LogP contribution in [0.1, 0.15) is 5.56 Å². The molecule has 0 amide bonds. The molecule has 0 N–H and O–H groups in total. The van der Waals surface area contributed by atoms with Crippen LogP contribution in [0.3, 0.4) is 0 Å². The predicted molar refractivity (Wildman–Crippen MR) is 205 cm³/mol. The topological polar surface area (TPSA) is 13.1 Å². The lowest BCUT2D eigenvalue weighted by Crippen LogP contribution is -2.07. The van der Waals surface area contributed by atoms with Crippen LogP contribution >= 0.6 is 0 Å². The molecule has 1 nitrogen and oxygen atoms in total. The van der Waals surface area contributed by atoms with Crippen molar-refractivity contribution in [3.05, 3.63) is 169 Å². The van der Waals surface area contributed by atoms with Gasteiger partial charge in [0.25, 0.3) is 0 Å². The summed E-state index contributed by atoms with van der Waals surface area (Å²) >= 11 is 0. The molecule has 0 saturated carbocycles. The van der Waals surface area contributed by atoms with Crippen molar-refractivity contribution in [1.29, 1.82) is 0 Å². The first-order chi connectivity index (χ1) is 25.0. The number of furan rings is 1. The number of hydrogen-bond donors (Lipinski definition) is 0. The molecule has 0 aliphatic carbocycles. The lowest BCUT2D eigenvalue weighted by Gasteiger charge is -2.18. The Hall–Kier alpha value is -6.39. The van der Waals surface area contributed by atoms with E-state index in [4.69, 9.17) is 4.42 Å². The van der Waals surface area contributed by atoms with E-state index in [0.29, 0.717) is 10.8 Å². The van der Waals surface area contributed by atoms with E-state index in [2.05, 4.69) is 97.1 Å². The minimum absolute atomic E-state index is 0.193. The number of halogens is 3. The van der Waals surface area contributed by atoms with E-state index in [0.717, 1.165) is 55.0 Å². The summed E-state index contributed by atoms with van der Waals surface area (Å²) in [7, 11) is 0. The Morgan fingerprint density at radius 3 is 1.24 bits per heavy atom. The Morgan fingerprint density at radius 1 is 0.314 bits per heavy atom. The fourth-order valence-electron chi connectivity index (χ4n) is 8.19. The van der Waals surface area contributed by atoms with Gasteiger partial charge < -0.3 is 4.42 Å². The van der Waals surface area contributed by atoms with Gasteiger partial charge in [-0.1, -0.05) is 140 Å². The number of benzene rings is 9. The molecule has 0 aliphatic rings. The van der Waals surface area contributed by atoms with Crippen molar-refractivity contribution >= 4 is 65.0 Å². The van der Waals surface area contributed by atoms with Crippen molar-refractivity contribution < 1.29 is 17.6 Å². The van der Waals surface area contributed by atoms with Crippen molar-refractivity contribution in [2.24, 2.45) is 0 Å². The maximum absolute atomic E-state index is 14.5. The second-order valence-corrected chi connectivity index (χ2v) is 13.1. The second-order valence-electron chi connectivity index (χ2n) is 13.1.